The Morgan fingerprint density at radius 3 is 2.30 bits per heavy atom. The smallest absolute Gasteiger partial charge is 0.341 e. The van der Waals surface area contributed by atoms with Crippen molar-refractivity contribution in [2.75, 3.05) is 38.2 Å². The van der Waals surface area contributed by atoms with Crippen molar-refractivity contribution in [2.45, 2.75) is 27.2 Å². The maximum Gasteiger partial charge on any atom is 0.341 e. The van der Waals surface area contributed by atoms with Crippen molar-refractivity contribution in [3.8, 4) is 0 Å². The van der Waals surface area contributed by atoms with Crippen LogP contribution in [0.3, 0.4) is 0 Å². The van der Waals surface area contributed by atoms with Crippen LogP contribution in [0.4, 0.5) is 5.95 Å². The maximum atomic E-state index is 11.7. The number of anilines is 1. The number of ether oxygens (including phenoxy) is 1. The highest BCUT2D eigenvalue weighted by Gasteiger charge is 2.26. The number of aliphatic imine (C=N–C) groups is 1. The molecule has 0 aliphatic carbocycles. The van der Waals surface area contributed by atoms with E-state index in [1.165, 1.54) is 18.8 Å². The summed E-state index contributed by atoms with van der Waals surface area (Å²) in [5, 5.41) is 0. The molecule has 0 amide bonds. The number of carbonyl (C=O) groups excluding carboxylic acids is 1. The summed E-state index contributed by atoms with van der Waals surface area (Å²) in [5.74, 6) is 1.05. The highest BCUT2D eigenvalue weighted by Crippen LogP contribution is 2.22. The molecule has 2 aromatic rings. The number of benzene rings is 1. The van der Waals surface area contributed by atoms with Crippen molar-refractivity contribution in [1.29, 1.82) is 0 Å². The summed E-state index contributed by atoms with van der Waals surface area (Å²) < 4.78 is 4.96. The SMILES string of the molecule is C=C(c1ccccc1)N1CCN(c2ncc(C(=O)OCC)cn2)CC1=NC.CCC. The molecule has 2 heterocycles. The lowest BCUT2D eigenvalue weighted by Gasteiger charge is -2.38. The number of rotatable bonds is 5. The Kier molecular flexibility index (Phi) is 9.00. The molecule has 0 N–H and O–H groups in total. The van der Waals surface area contributed by atoms with Crippen LogP contribution in [-0.4, -0.2) is 60.0 Å². The second kappa shape index (κ2) is 11.7. The molecule has 7 heteroatoms. The molecule has 7 nitrogen and oxygen atoms in total. The Bertz CT molecular complexity index is 850. The zero-order valence-corrected chi connectivity index (χ0v) is 18.3. The van der Waals surface area contributed by atoms with E-state index in [4.69, 9.17) is 4.74 Å². The maximum absolute atomic E-state index is 11.7. The molecule has 30 heavy (non-hydrogen) atoms. The fraction of sp³-hybridized carbons (Fsp3) is 0.391. The zero-order chi connectivity index (χ0) is 21.9. The Balaban J connectivity index is 0.00000101. The first-order valence-electron chi connectivity index (χ1n) is 10.3. The van der Waals surface area contributed by atoms with E-state index >= 15 is 0 Å². The largest absolute Gasteiger partial charge is 0.462 e. The molecule has 1 aliphatic rings. The molecule has 160 valence electrons. The van der Waals surface area contributed by atoms with Gasteiger partial charge in [0.1, 0.15) is 5.84 Å². The van der Waals surface area contributed by atoms with Crippen LogP contribution in [0.25, 0.3) is 5.70 Å². The summed E-state index contributed by atoms with van der Waals surface area (Å²) >= 11 is 0. The number of hydrogen-bond acceptors (Lipinski definition) is 6. The highest BCUT2D eigenvalue weighted by atomic mass is 16.5. The van der Waals surface area contributed by atoms with Gasteiger partial charge in [-0.25, -0.2) is 14.8 Å². The van der Waals surface area contributed by atoms with Gasteiger partial charge in [0.05, 0.1) is 18.7 Å². The molecule has 1 fully saturated rings. The summed E-state index contributed by atoms with van der Waals surface area (Å²) in [5.41, 5.74) is 2.35. The number of nitrogens with zero attached hydrogens (tertiary/aromatic N) is 5. The number of aromatic nitrogens is 2. The molecule has 0 unspecified atom stereocenters. The molecule has 0 bridgehead atoms. The minimum absolute atomic E-state index is 0.324. The van der Waals surface area contributed by atoms with Crippen LogP contribution in [0.2, 0.25) is 0 Å². The summed E-state index contributed by atoms with van der Waals surface area (Å²) in [6.07, 6.45) is 4.25. The van der Waals surface area contributed by atoms with Gasteiger partial charge in [0.25, 0.3) is 0 Å². The molecular weight excluding hydrogens is 378 g/mol. The van der Waals surface area contributed by atoms with Crippen molar-refractivity contribution >= 4 is 23.5 Å². The topological polar surface area (TPSA) is 70.9 Å². The van der Waals surface area contributed by atoms with Crippen LogP contribution in [-0.2, 0) is 4.74 Å². The zero-order valence-electron chi connectivity index (χ0n) is 18.3. The van der Waals surface area contributed by atoms with Gasteiger partial charge in [-0.15, -0.1) is 0 Å². The first-order valence-corrected chi connectivity index (χ1v) is 10.3. The Hall–Kier alpha value is -3.22. The Morgan fingerprint density at radius 1 is 1.10 bits per heavy atom. The van der Waals surface area contributed by atoms with Crippen molar-refractivity contribution < 1.29 is 9.53 Å². The van der Waals surface area contributed by atoms with Crippen LogP contribution in [0, 0.1) is 0 Å². The van der Waals surface area contributed by atoms with Crippen molar-refractivity contribution in [1.82, 2.24) is 14.9 Å². The summed E-state index contributed by atoms with van der Waals surface area (Å²) in [6, 6.07) is 10.1. The van der Waals surface area contributed by atoms with Crippen LogP contribution < -0.4 is 4.90 Å². The van der Waals surface area contributed by atoms with Gasteiger partial charge in [-0.2, -0.15) is 0 Å². The predicted octanol–water partition coefficient (Wildman–Crippen LogP) is 3.89. The number of amidine groups is 1. The van der Waals surface area contributed by atoms with Crippen molar-refractivity contribution in [3.05, 3.63) is 60.4 Å². The van der Waals surface area contributed by atoms with Gasteiger partial charge in [0, 0.05) is 38.2 Å². The lowest BCUT2D eigenvalue weighted by atomic mass is 10.1. The van der Waals surface area contributed by atoms with E-state index in [0.29, 0.717) is 24.7 Å². The van der Waals surface area contributed by atoms with E-state index in [1.807, 2.05) is 35.2 Å². The number of hydrogen-bond donors (Lipinski definition) is 0. The molecule has 3 rings (SSSR count). The third-order valence-corrected chi connectivity index (χ3v) is 4.36. The van der Waals surface area contributed by atoms with Crippen LogP contribution in [0.15, 0.2) is 54.3 Å². The van der Waals surface area contributed by atoms with Crippen LogP contribution >= 0.6 is 0 Å². The normalized spacial score (nSPS) is 14.7. The standard InChI is InChI=1S/C20H23N5O2.C3H8/c1-4-27-19(26)17-12-22-20(23-13-17)24-10-11-25(18(14-24)21-3)15(2)16-8-6-5-7-9-16;1-3-2/h5-9,12-13H,2,4,10-11,14H2,1,3H3;3H2,1-2H3. The minimum Gasteiger partial charge on any atom is -0.462 e. The summed E-state index contributed by atoms with van der Waals surface area (Å²) in [4.78, 5) is 29.0. The molecule has 0 atom stereocenters. The molecule has 1 aromatic heterocycles. The number of piperazine rings is 1. The van der Waals surface area contributed by atoms with E-state index in [9.17, 15) is 4.79 Å². The molecular formula is C23H31N5O2. The molecule has 0 radical (unpaired) electrons. The highest BCUT2D eigenvalue weighted by molar-refractivity contribution is 5.94. The fourth-order valence-corrected chi connectivity index (χ4v) is 2.93. The Labute approximate surface area is 179 Å². The fourth-order valence-electron chi connectivity index (χ4n) is 2.93. The van der Waals surface area contributed by atoms with Crippen LogP contribution in [0.5, 0.6) is 0 Å². The summed E-state index contributed by atoms with van der Waals surface area (Å²) in [7, 11) is 1.77. The molecule has 0 spiro atoms. The van der Waals surface area contributed by atoms with E-state index in [1.54, 1.807) is 14.0 Å². The molecule has 1 saturated heterocycles. The van der Waals surface area contributed by atoms with Gasteiger partial charge in [0.15, 0.2) is 0 Å². The monoisotopic (exact) mass is 409 g/mol. The third kappa shape index (κ3) is 5.89. The van der Waals surface area contributed by atoms with Crippen molar-refractivity contribution in [2.24, 2.45) is 4.99 Å². The van der Waals surface area contributed by atoms with Gasteiger partial charge in [-0.05, 0) is 12.5 Å². The quantitative estimate of drug-likeness (QED) is 0.698. The van der Waals surface area contributed by atoms with Gasteiger partial charge in [-0.1, -0.05) is 57.2 Å². The van der Waals surface area contributed by atoms with E-state index in [2.05, 4.69) is 40.3 Å². The van der Waals surface area contributed by atoms with Crippen molar-refractivity contribution in [3.63, 3.8) is 0 Å². The summed E-state index contributed by atoms with van der Waals surface area (Å²) in [6.45, 7) is 12.6. The van der Waals surface area contributed by atoms with Gasteiger partial charge < -0.3 is 14.5 Å². The molecule has 1 aliphatic heterocycles. The molecule has 1 aromatic carbocycles. The second-order valence-electron chi connectivity index (χ2n) is 6.73. The van der Waals surface area contributed by atoms with Gasteiger partial charge in [-0.3, -0.25) is 4.99 Å². The van der Waals surface area contributed by atoms with Crippen LogP contribution in [0.1, 0.15) is 43.1 Å². The third-order valence-electron chi connectivity index (χ3n) is 4.36. The minimum atomic E-state index is -0.413. The lowest BCUT2D eigenvalue weighted by Crippen LogP contribution is -2.50. The molecule has 0 saturated carbocycles. The second-order valence-corrected chi connectivity index (χ2v) is 6.73. The predicted molar refractivity (Wildman–Crippen MR) is 122 cm³/mol. The van der Waals surface area contributed by atoms with E-state index in [-0.39, 0.29) is 0 Å². The Morgan fingerprint density at radius 2 is 1.73 bits per heavy atom. The average Bonchev–Trinajstić information content (AvgIpc) is 2.79. The lowest BCUT2D eigenvalue weighted by molar-refractivity contribution is 0.0525. The van der Waals surface area contributed by atoms with Gasteiger partial charge in [0.2, 0.25) is 5.95 Å². The van der Waals surface area contributed by atoms with E-state index < -0.39 is 5.97 Å². The first kappa shape index (κ1) is 23.1. The average molecular weight is 410 g/mol. The van der Waals surface area contributed by atoms with Gasteiger partial charge >= 0.3 is 5.97 Å². The first-order chi connectivity index (χ1) is 14.5. The van der Waals surface area contributed by atoms with E-state index in [0.717, 1.165) is 30.2 Å². The number of carbonyl (C=O) groups is 1. The number of esters is 1.